The fourth-order valence-electron chi connectivity index (χ4n) is 2.53. The third-order valence-corrected chi connectivity index (χ3v) is 3.35. The van der Waals surface area contributed by atoms with Gasteiger partial charge in [-0.3, -0.25) is 9.78 Å². The van der Waals surface area contributed by atoms with E-state index in [4.69, 9.17) is 0 Å². The van der Waals surface area contributed by atoms with Crippen molar-refractivity contribution in [2.24, 2.45) is 0 Å². The Hall–Kier alpha value is -1.62. The van der Waals surface area contributed by atoms with Crippen LogP contribution in [0, 0.1) is 0 Å². The molecule has 0 saturated carbocycles. The molecule has 1 fully saturated rings. The van der Waals surface area contributed by atoms with Crippen molar-refractivity contribution >= 4 is 17.3 Å². The number of amides is 1. The fraction of sp³-hybridized carbons (Fsp3) is 0.500. The van der Waals surface area contributed by atoms with Crippen molar-refractivity contribution in [3.63, 3.8) is 0 Å². The molecule has 0 spiro atoms. The van der Waals surface area contributed by atoms with Gasteiger partial charge in [0.2, 0.25) is 5.91 Å². The summed E-state index contributed by atoms with van der Waals surface area (Å²) in [5, 5.41) is 6.33. The molecule has 17 heavy (non-hydrogen) atoms. The molecule has 1 aromatic heterocycles. The lowest BCUT2D eigenvalue weighted by Crippen LogP contribution is -2.44. The van der Waals surface area contributed by atoms with E-state index in [2.05, 4.69) is 20.5 Å². The zero-order valence-electron chi connectivity index (χ0n) is 9.65. The summed E-state index contributed by atoms with van der Waals surface area (Å²) < 4.78 is 0. The van der Waals surface area contributed by atoms with Crippen molar-refractivity contribution in [3.8, 4) is 0 Å². The molecule has 0 bridgehead atoms. The molecule has 0 aliphatic carbocycles. The lowest BCUT2D eigenvalue weighted by molar-refractivity contribution is -0.115. The largest absolute Gasteiger partial charge is 0.358 e. The van der Waals surface area contributed by atoms with Crippen LogP contribution < -0.4 is 15.5 Å². The molecule has 2 N–H and O–H groups in total. The van der Waals surface area contributed by atoms with Crippen molar-refractivity contribution in [3.05, 3.63) is 18.5 Å². The number of hydrogen-bond acceptors (Lipinski definition) is 4. The summed E-state index contributed by atoms with van der Waals surface area (Å²) in [6.45, 7) is 2.40. The zero-order chi connectivity index (χ0) is 11.7. The third-order valence-electron chi connectivity index (χ3n) is 3.35. The number of aromatic nitrogens is 1. The van der Waals surface area contributed by atoms with Gasteiger partial charge in [0.15, 0.2) is 0 Å². The Bertz CT molecular complexity index is 428. The first-order valence-corrected chi connectivity index (χ1v) is 6.05. The molecule has 1 saturated heterocycles. The van der Waals surface area contributed by atoms with E-state index in [9.17, 15) is 4.79 Å². The molecule has 0 radical (unpaired) electrons. The molecule has 1 atom stereocenters. The SMILES string of the molecule is O=C1CN(CC2CCCN2)c2cnccc2N1. The highest BCUT2D eigenvalue weighted by Crippen LogP contribution is 2.28. The van der Waals surface area contributed by atoms with Gasteiger partial charge in [-0.1, -0.05) is 0 Å². The summed E-state index contributed by atoms with van der Waals surface area (Å²) in [5.41, 5.74) is 1.90. The molecular formula is C12H16N4O. The average Bonchev–Trinajstić information content (AvgIpc) is 2.81. The first-order valence-electron chi connectivity index (χ1n) is 6.05. The van der Waals surface area contributed by atoms with Crippen LogP contribution in [0.2, 0.25) is 0 Å². The van der Waals surface area contributed by atoms with Gasteiger partial charge < -0.3 is 15.5 Å². The van der Waals surface area contributed by atoms with Crippen LogP contribution in [-0.4, -0.2) is 36.6 Å². The Labute approximate surface area is 100 Å². The Morgan fingerprint density at radius 1 is 1.53 bits per heavy atom. The summed E-state index contributed by atoms with van der Waals surface area (Å²) in [5.74, 6) is 0.0571. The number of rotatable bonds is 2. The van der Waals surface area contributed by atoms with Gasteiger partial charge >= 0.3 is 0 Å². The Morgan fingerprint density at radius 2 is 2.47 bits per heavy atom. The van der Waals surface area contributed by atoms with Gasteiger partial charge in [-0.25, -0.2) is 0 Å². The van der Waals surface area contributed by atoms with E-state index >= 15 is 0 Å². The van der Waals surface area contributed by atoms with Crippen molar-refractivity contribution in [2.75, 3.05) is 29.9 Å². The minimum Gasteiger partial charge on any atom is -0.358 e. The molecule has 3 heterocycles. The number of fused-ring (bicyclic) bond motifs is 1. The van der Waals surface area contributed by atoms with E-state index in [-0.39, 0.29) is 5.91 Å². The van der Waals surface area contributed by atoms with Crippen LogP contribution in [0.25, 0.3) is 0 Å². The maximum Gasteiger partial charge on any atom is 0.243 e. The van der Waals surface area contributed by atoms with Crippen LogP contribution in [0.4, 0.5) is 11.4 Å². The summed E-state index contributed by atoms with van der Waals surface area (Å²) >= 11 is 0. The van der Waals surface area contributed by atoms with Crippen molar-refractivity contribution in [2.45, 2.75) is 18.9 Å². The molecule has 2 aliphatic heterocycles. The van der Waals surface area contributed by atoms with Crippen LogP contribution in [0.1, 0.15) is 12.8 Å². The van der Waals surface area contributed by atoms with E-state index in [1.165, 1.54) is 12.8 Å². The predicted octanol–water partition coefficient (Wildman–Crippen LogP) is 0.592. The molecule has 5 nitrogen and oxygen atoms in total. The molecule has 2 aliphatic rings. The number of hydrogen-bond donors (Lipinski definition) is 2. The van der Waals surface area contributed by atoms with Gasteiger partial charge in [0.05, 0.1) is 24.1 Å². The quantitative estimate of drug-likeness (QED) is 0.783. The Morgan fingerprint density at radius 3 is 3.29 bits per heavy atom. The van der Waals surface area contributed by atoms with E-state index in [0.29, 0.717) is 12.6 Å². The number of nitrogens with zero attached hydrogens (tertiary/aromatic N) is 2. The molecule has 1 aromatic rings. The van der Waals surface area contributed by atoms with E-state index in [0.717, 1.165) is 24.5 Å². The molecular weight excluding hydrogens is 216 g/mol. The van der Waals surface area contributed by atoms with Gasteiger partial charge in [0.1, 0.15) is 0 Å². The smallest absolute Gasteiger partial charge is 0.243 e. The van der Waals surface area contributed by atoms with Crippen LogP contribution in [0.3, 0.4) is 0 Å². The summed E-state index contributed by atoms with van der Waals surface area (Å²) in [7, 11) is 0. The van der Waals surface area contributed by atoms with Crippen molar-refractivity contribution in [1.82, 2.24) is 10.3 Å². The third kappa shape index (κ3) is 2.10. The number of pyridine rings is 1. The highest BCUT2D eigenvalue weighted by atomic mass is 16.2. The molecule has 0 aromatic carbocycles. The molecule has 3 rings (SSSR count). The lowest BCUT2D eigenvalue weighted by Gasteiger charge is -2.32. The maximum atomic E-state index is 11.6. The summed E-state index contributed by atoms with van der Waals surface area (Å²) in [6.07, 6.45) is 5.94. The molecule has 5 heteroatoms. The standard InChI is InChI=1S/C12H16N4O/c17-12-8-16(7-9-2-1-4-14-9)11-6-13-5-3-10(11)15-12/h3,5-6,9,14H,1-2,4,7-8H2,(H,15,17). The molecule has 1 unspecified atom stereocenters. The topological polar surface area (TPSA) is 57.3 Å². The van der Waals surface area contributed by atoms with Crippen LogP contribution in [-0.2, 0) is 4.79 Å². The number of nitrogens with one attached hydrogen (secondary N) is 2. The van der Waals surface area contributed by atoms with E-state index in [1.54, 1.807) is 6.20 Å². The maximum absolute atomic E-state index is 11.6. The number of carbonyl (C=O) groups is 1. The zero-order valence-corrected chi connectivity index (χ0v) is 9.65. The second kappa shape index (κ2) is 4.33. The fourth-order valence-corrected chi connectivity index (χ4v) is 2.53. The van der Waals surface area contributed by atoms with Crippen molar-refractivity contribution < 1.29 is 4.79 Å². The minimum absolute atomic E-state index is 0.0571. The first kappa shape index (κ1) is 10.5. The molecule has 90 valence electrons. The predicted molar refractivity (Wildman–Crippen MR) is 66.1 cm³/mol. The molecule has 1 amide bonds. The highest BCUT2D eigenvalue weighted by Gasteiger charge is 2.25. The summed E-state index contributed by atoms with van der Waals surface area (Å²) in [6, 6.07) is 2.34. The van der Waals surface area contributed by atoms with Gasteiger partial charge in [-0.15, -0.1) is 0 Å². The van der Waals surface area contributed by atoms with Gasteiger partial charge in [-0.2, -0.15) is 0 Å². The van der Waals surface area contributed by atoms with Crippen LogP contribution >= 0.6 is 0 Å². The Balaban J connectivity index is 1.81. The normalized spacial score (nSPS) is 23.4. The number of anilines is 2. The second-order valence-corrected chi connectivity index (χ2v) is 4.61. The van der Waals surface area contributed by atoms with Crippen molar-refractivity contribution in [1.29, 1.82) is 0 Å². The van der Waals surface area contributed by atoms with Crippen LogP contribution in [0.15, 0.2) is 18.5 Å². The summed E-state index contributed by atoms with van der Waals surface area (Å²) in [4.78, 5) is 17.9. The minimum atomic E-state index is 0.0571. The van der Waals surface area contributed by atoms with Gasteiger partial charge in [0.25, 0.3) is 0 Å². The van der Waals surface area contributed by atoms with E-state index in [1.807, 2.05) is 12.3 Å². The lowest BCUT2D eigenvalue weighted by atomic mass is 10.1. The number of carbonyl (C=O) groups excluding carboxylic acids is 1. The monoisotopic (exact) mass is 232 g/mol. The second-order valence-electron chi connectivity index (χ2n) is 4.61. The van der Waals surface area contributed by atoms with E-state index < -0.39 is 0 Å². The average molecular weight is 232 g/mol. The van der Waals surface area contributed by atoms with Gasteiger partial charge in [-0.05, 0) is 25.5 Å². The first-order chi connectivity index (χ1) is 8.33. The highest BCUT2D eigenvalue weighted by molar-refractivity contribution is 6.00. The van der Waals surface area contributed by atoms with Gasteiger partial charge in [0, 0.05) is 18.8 Å². The van der Waals surface area contributed by atoms with Crippen LogP contribution in [0.5, 0.6) is 0 Å². The Kier molecular flexibility index (Phi) is 2.68.